The minimum absolute atomic E-state index is 0.106. The topological polar surface area (TPSA) is 237 Å². The first-order chi connectivity index (χ1) is 46.4. The molecule has 570 valence electrons. The van der Waals surface area contributed by atoms with Gasteiger partial charge in [-0.25, -0.2) is 9.13 Å². The average molecular weight is 1410 g/mol. The molecule has 0 aromatic rings. The third-order valence-electron chi connectivity index (χ3n) is 18.7. The van der Waals surface area contributed by atoms with Crippen LogP contribution in [0.3, 0.4) is 0 Å². The molecule has 0 aliphatic carbocycles. The molecule has 0 bridgehead atoms. The summed E-state index contributed by atoms with van der Waals surface area (Å²) in [4.78, 5) is 72.9. The van der Waals surface area contributed by atoms with Crippen LogP contribution in [0.4, 0.5) is 0 Å². The normalized spacial score (nSPS) is 14.6. The fourth-order valence-electron chi connectivity index (χ4n) is 11.8. The molecule has 0 fully saturated rings. The fourth-order valence-corrected chi connectivity index (χ4v) is 13.3. The first-order valence-corrected chi connectivity index (χ1v) is 43.1. The van der Waals surface area contributed by atoms with Crippen molar-refractivity contribution in [1.29, 1.82) is 0 Å². The van der Waals surface area contributed by atoms with Gasteiger partial charge in [-0.2, -0.15) is 0 Å². The van der Waals surface area contributed by atoms with Crippen molar-refractivity contribution in [3.63, 3.8) is 0 Å². The molecule has 0 aromatic heterocycles. The summed E-state index contributed by atoms with van der Waals surface area (Å²) in [5.41, 5.74) is 0. The smallest absolute Gasteiger partial charge is 0.462 e. The van der Waals surface area contributed by atoms with Crippen LogP contribution in [-0.4, -0.2) is 96.7 Å². The second kappa shape index (κ2) is 68.8. The van der Waals surface area contributed by atoms with Gasteiger partial charge in [0.15, 0.2) is 12.2 Å². The molecule has 7 atom stereocenters. The minimum atomic E-state index is -4.96. The molecule has 0 saturated heterocycles. The zero-order chi connectivity index (χ0) is 70.7. The Balaban J connectivity index is 5.28. The van der Waals surface area contributed by atoms with E-state index in [2.05, 4.69) is 41.5 Å². The second-order valence-electron chi connectivity index (χ2n) is 28.2. The Kier molecular flexibility index (Phi) is 67.4. The Hall–Kier alpha value is -1.94. The predicted molar refractivity (Wildman–Crippen MR) is 391 cm³/mol. The Bertz CT molecular complexity index is 1860. The highest BCUT2D eigenvalue weighted by atomic mass is 31.2. The highest BCUT2D eigenvalue weighted by Gasteiger charge is 2.30. The van der Waals surface area contributed by atoms with E-state index in [9.17, 15) is 43.2 Å². The van der Waals surface area contributed by atoms with Crippen LogP contribution in [0.5, 0.6) is 0 Å². The maximum absolute atomic E-state index is 13.1. The Labute approximate surface area is 588 Å². The van der Waals surface area contributed by atoms with Gasteiger partial charge in [-0.15, -0.1) is 0 Å². The van der Waals surface area contributed by atoms with Gasteiger partial charge >= 0.3 is 39.5 Å². The number of rotatable bonds is 76. The zero-order valence-electron chi connectivity index (χ0n) is 62.7. The molecule has 0 aliphatic heterocycles. The maximum atomic E-state index is 13.1. The summed E-state index contributed by atoms with van der Waals surface area (Å²) in [7, 11) is -9.91. The lowest BCUT2D eigenvalue weighted by molar-refractivity contribution is -0.161. The summed E-state index contributed by atoms with van der Waals surface area (Å²) in [6, 6.07) is 0. The number of carbonyl (C=O) groups excluding carboxylic acids is 4. The molecule has 0 amide bonds. The van der Waals surface area contributed by atoms with Gasteiger partial charge in [0.05, 0.1) is 26.4 Å². The highest BCUT2D eigenvalue weighted by Crippen LogP contribution is 2.45. The number of phosphoric ester groups is 2. The van der Waals surface area contributed by atoms with Crippen LogP contribution in [0.25, 0.3) is 0 Å². The summed E-state index contributed by atoms with van der Waals surface area (Å²) in [6.45, 7) is 9.64. The average Bonchev–Trinajstić information content (AvgIpc) is 1.15. The van der Waals surface area contributed by atoms with Crippen LogP contribution >= 0.6 is 15.6 Å². The lowest BCUT2D eigenvalue weighted by Gasteiger charge is -2.21. The van der Waals surface area contributed by atoms with Crippen LogP contribution < -0.4 is 0 Å². The first kappa shape index (κ1) is 94.1. The molecule has 3 N–H and O–H groups in total. The summed E-state index contributed by atoms with van der Waals surface area (Å²) in [5, 5.41) is 10.6. The lowest BCUT2D eigenvalue weighted by Crippen LogP contribution is -2.30. The highest BCUT2D eigenvalue weighted by molar-refractivity contribution is 7.47. The van der Waals surface area contributed by atoms with Crippen LogP contribution in [0.15, 0.2) is 0 Å². The van der Waals surface area contributed by atoms with Gasteiger partial charge in [0.2, 0.25) is 0 Å². The van der Waals surface area contributed by atoms with Crippen LogP contribution in [-0.2, 0) is 65.4 Å². The van der Waals surface area contributed by atoms with Crippen molar-refractivity contribution in [2.75, 3.05) is 39.6 Å². The summed E-state index contributed by atoms with van der Waals surface area (Å²) in [6.07, 6.45) is 56.6. The van der Waals surface area contributed by atoms with Gasteiger partial charge in [0, 0.05) is 25.7 Å². The van der Waals surface area contributed by atoms with E-state index in [1.165, 1.54) is 218 Å². The van der Waals surface area contributed by atoms with Gasteiger partial charge in [-0.3, -0.25) is 37.3 Å². The number of unbranched alkanes of at least 4 members (excludes halogenated alkanes) is 44. The van der Waals surface area contributed by atoms with Crippen molar-refractivity contribution < 1.29 is 80.2 Å². The van der Waals surface area contributed by atoms with E-state index in [0.717, 1.165) is 102 Å². The molecule has 0 rings (SSSR count). The van der Waals surface area contributed by atoms with Crippen molar-refractivity contribution in [3.8, 4) is 0 Å². The van der Waals surface area contributed by atoms with Crippen molar-refractivity contribution in [3.05, 3.63) is 0 Å². The van der Waals surface area contributed by atoms with E-state index < -0.39 is 97.5 Å². The minimum Gasteiger partial charge on any atom is -0.462 e. The van der Waals surface area contributed by atoms with Crippen molar-refractivity contribution in [2.45, 2.75) is 419 Å². The maximum Gasteiger partial charge on any atom is 0.472 e. The molecule has 96 heavy (non-hydrogen) atoms. The molecule has 0 heterocycles. The lowest BCUT2D eigenvalue weighted by atomic mass is 9.99. The Morgan fingerprint density at radius 3 is 0.740 bits per heavy atom. The quantitative estimate of drug-likeness (QED) is 0.0222. The van der Waals surface area contributed by atoms with Crippen LogP contribution in [0.1, 0.15) is 401 Å². The summed E-state index contributed by atoms with van der Waals surface area (Å²) >= 11 is 0. The monoisotopic (exact) mass is 1410 g/mol. The second-order valence-corrected chi connectivity index (χ2v) is 31.1. The first-order valence-electron chi connectivity index (χ1n) is 40.1. The fraction of sp³-hybridized carbons (Fsp3) is 0.948. The number of carbonyl (C=O) groups is 4. The van der Waals surface area contributed by atoms with Crippen LogP contribution in [0.2, 0.25) is 0 Å². The van der Waals surface area contributed by atoms with E-state index in [1.54, 1.807) is 0 Å². The SMILES string of the molecule is CCCCCCCCCCCCCCCCCC(=O)OC[C@H](COP(=O)(O)OC[C@@H](O)COP(=O)(O)OC[C@@H](COC(=O)CCCCCCCCCCC(C)CC)OC(=O)CCCCCCCCCCCCC(C)CC)OC(=O)CCCCCCCCCCCCCCCCC. The van der Waals surface area contributed by atoms with Crippen molar-refractivity contribution >= 4 is 39.5 Å². The van der Waals surface area contributed by atoms with E-state index in [1.807, 2.05) is 0 Å². The molecule has 0 saturated carbocycles. The molecule has 17 nitrogen and oxygen atoms in total. The van der Waals surface area contributed by atoms with Crippen molar-refractivity contribution in [2.24, 2.45) is 11.8 Å². The van der Waals surface area contributed by atoms with Gasteiger partial charge in [0.25, 0.3) is 0 Å². The molecular weight excluding hydrogens is 1260 g/mol. The van der Waals surface area contributed by atoms with Gasteiger partial charge in [-0.05, 0) is 37.5 Å². The van der Waals surface area contributed by atoms with Crippen molar-refractivity contribution in [1.82, 2.24) is 0 Å². The molecule has 0 spiro atoms. The van der Waals surface area contributed by atoms with E-state index in [4.69, 9.17) is 37.0 Å². The Morgan fingerprint density at radius 2 is 0.500 bits per heavy atom. The summed E-state index contributed by atoms with van der Waals surface area (Å²) < 4.78 is 68.6. The number of esters is 4. The molecule has 19 heteroatoms. The standard InChI is InChI=1S/C77H150O17P2/c1-7-11-13-15-17-19-21-23-25-27-29-34-41-47-53-59-74(79)87-65-72(93-76(81)61-55-49-43-35-30-28-26-24-22-20-18-16-14-12-8-2)67-91-95(83,84)89-63-71(78)64-90-96(85,86)92-68-73(66-88-75(80)60-54-48-42-38-37-40-46-52-58-70(6)10-4)94-77(82)62-56-50-44-36-32-31-33-39-45-51-57-69(5)9-3/h69-73,78H,7-68H2,1-6H3,(H,83,84)(H,85,86)/t69?,70?,71-,72-,73-/m1/s1. The molecule has 0 radical (unpaired) electrons. The van der Waals surface area contributed by atoms with E-state index in [-0.39, 0.29) is 25.7 Å². The van der Waals surface area contributed by atoms with Gasteiger partial charge in [0.1, 0.15) is 19.3 Å². The number of aliphatic hydroxyl groups excluding tert-OH is 1. The molecule has 4 unspecified atom stereocenters. The number of aliphatic hydroxyl groups is 1. The van der Waals surface area contributed by atoms with E-state index in [0.29, 0.717) is 25.7 Å². The predicted octanol–water partition coefficient (Wildman–Crippen LogP) is 22.7. The number of hydrogen-bond donors (Lipinski definition) is 3. The van der Waals surface area contributed by atoms with Crippen LogP contribution in [0, 0.1) is 11.8 Å². The number of ether oxygens (including phenoxy) is 4. The largest absolute Gasteiger partial charge is 0.472 e. The molecule has 0 aromatic carbocycles. The van der Waals surface area contributed by atoms with E-state index >= 15 is 0 Å². The van der Waals surface area contributed by atoms with Gasteiger partial charge in [-0.1, -0.05) is 350 Å². The van der Waals surface area contributed by atoms with Gasteiger partial charge < -0.3 is 33.8 Å². The number of hydrogen-bond acceptors (Lipinski definition) is 15. The Morgan fingerprint density at radius 1 is 0.292 bits per heavy atom. The third kappa shape index (κ3) is 67.9. The molecular formula is C77H150O17P2. The third-order valence-corrected chi connectivity index (χ3v) is 20.6. The summed E-state index contributed by atoms with van der Waals surface area (Å²) in [5.74, 6) is -0.532. The number of phosphoric acid groups is 2. The molecule has 0 aliphatic rings. The zero-order valence-corrected chi connectivity index (χ0v) is 64.5.